The van der Waals surface area contributed by atoms with E-state index in [2.05, 4.69) is 16.0 Å². The molecule has 0 saturated heterocycles. The second-order valence-electron chi connectivity index (χ2n) is 4.18. The van der Waals surface area contributed by atoms with Gasteiger partial charge in [-0.05, 0) is 18.1 Å². The first-order valence-corrected chi connectivity index (χ1v) is 5.91. The average Bonchev–Trinajstić information content (AvgIpc) is 2.40. The molecule has 0 unspecified atom stereocenters. The molecule has 2 N–H and O–H groups in total. The Hall–Kier alpha value is -1.39. The predicted molar refractivity (Wildman–Crippen MR) is 68.9 cm³/mol. The summed E-state index contributed by atoms with van der Waals surface area (Å²) in [6.07, 6.45) is 5.08. The van der Waals surface area contributed by atoms with Crippen molar-refractivity contribution in [3.8, 4) is 0 Å². The van der Waals surface area contributed by atoms with Gasteiger partial charge in [0, 0.05) is 38.5 Å². The zero-order valence-electron chi connectivity index (χ0n) is 10.2. The molecule has 4 heteroatoms. The molecular weight excluding hydrogens is 214 g/mol. The van der Waals surface area contributed by atoms with E-state index in [0.717, 1.165) is 37.5 Å². The first-order chi connectivity index (χ1) is 8.35. The maximum absolute atomic E-state index is 5.73. The van der Waals surface area contributed by atoms with Crippen LogP contribution >= 0.6 is 0 Å². The van der Waals surface area contributed by atoms with Gasteiger partial charge in [0.1, 0.15) is 5.82 Å². The molecule has 1 aliphatic heterocycles. The summed E-state index contributed by atoms with van der Waals surface area (Å²) in [5, 5.41) is 0. The summed E-state index contributed by atoms with van der Waals surface area (Å²) >= 11 is 0. The molecule has 17 heavy (non-hydrogen) atoms. The van der Waals surface area contributed by atoms with Gasteiger partial charge in [-0.2, -0.15) is 0 Å². The van der Waals surface area contributed by atoms with Crippen LogP contribution in [0.25, 0.3) is 0 Å². The topological polar surface area (TPSA) is 51.4 Å². The Morgan fingerprint density at radius 2 is 2.41 bits per heavy atom. The zero-order valence-corrected chi connectivity index (χ0v) is 10.2. The van der Waals surface area contributed by atoms with Gasteiger partial charge in [-0.1, -0.05) is 12.1 Å². The Balaban J connectivity index is 2.10. The highest BCUT2D eigenvalue weighted by Crippen LogP contribution is 2.21. The molecule has 0 aromatic carbocycles. The van der Waals surface area contributed by atoms with Crippen molar-refractivity contribution in [3.05, 3.63) is 35.5 Å². The Bertz CT molecular complexity index is 403. The Morgan fingerprint density at radius 3 is 3.06 bits per heavy atom. The van der Waals surface area contributed by atoms with Crippen molar-refractivity contribution in [3.63, 3.8) is 0 Å². The molecule has 1 aromatic rings. The van der Waals surface area contributed by atoms with E-state index in [9.17, 15) is 0 Å². The third kappa shape index (κ3) is 2.84. The summed E-state index contributed by atoms with van der Waals surface area (Å²) < 4.78 is 5.14. The summed E-state index contributed by atoms with van der Waals surface area (Å²) in [6.45, 7) is 3.15. The number of hydrogen-bond donors (Lipinski definition) is 1. The number of anilines is 1. The van der Waals surface area contributed by atoms with Gasteiger partial charge in [0.25, 0.3) is 0 Å². The van der Waals surface area contributed by atoms with E-state index in [-0.39, 0.29) is 0 Å². The molecule has 0 radical (unpaired) electrons. The van der Waals surface area contributed by atoms with Gasteiger partial charge in [-0.25, -0.2) is 4.98 Å². The molecule has 0 aliphatic carbocycles. The van der Waals surface area contributed by atoms with Gasteiger partial charge in [-0.15, -0.1) is 0 Å². The second kappa shape index (κ2) is 5.80. The number of aromatic nitrogens is 1. The van der Waals surface area contributed by atoms with Crippen LogP contribution in [0.4, 0.5) is 5.82 Å². The number of nitrogens with two attached hydrogens (primary N) is 1. The molecule has 1 aromatic heterocycles. The molecule has 0 amide bonds. The van der Waals surface area contributed by atoms with Gasteiger partial charge < -0.3 is 15.4 Å². The fourth-order valence-corrected chi connectivity index (χ4v) is 2.09. The van der Waals surface area contributed by atoms with Crippen LogP contribution < -0.4 is 10.6 Å². The molecule has 1 aliphatic rings. The largest absolute Gasteiger partial charge is 0.380 e. The number of hydrogen-bond acceptors (Lipinski definition) is 4. The quantitative estimate of drug-likeness (QED) is 0.797. The van der Waals surface area contributed by atoms with E-state index in [1.54, 1.807) is 7.11 Å². The van der Waals surface area contributed by atoms with E-state index < -0.39 is 0 Å². The minimum absolute atomic E-state index is 0.536. The van der Waals surface area contributed by atoms with Gasteiger partial charge in [-0.3, -0.25) is 0 Å². The van der Waals surface area contributed by atoms with Gasteiger partial charge in [0.2, 0.25) is 0 Å². The van der Waals surface area contributed by atoms with Crippen molar-refractivity contribution in [2.75, 3.05) is 31.7 Å². The molecule has 0 spiro atoms. The van der Waals surface area contributed by atoms with Crippen molar-refractivity contribution in [2.24, 2.45) is 5.73 Å². The van der Waals surface area contributed by atoms with Crippen LogP contribution in [0.5, 0.6) is 0 Å². The van der Waals surface area contributed by atoms with Gasteiger partial charge >= 0.3 is 0 Å². The maximum Gasteiger partial charge on any atom is 0.133 e. The molecule has 92 valence electrons. The highest BCUT2D eigenvalue weighted by atomic mass is 16.5. The van der Waals surface area contributed by atoms with Crippen LogP contribution in [-0.2, 0) is 11.3 Å². The average molecular weight is 233 g/mol. The monoisotopic (exact) mass is 233 g/mol. The SMILES string of the molecule is COCC1=CCN(c2ncccc2CN)CC1. The summed E-state index contributed by atoms with van der Waals surface area (Å²) in [5.41, 5.74) is 8.21. The van der Waals surface area contributed by atoms with Crippen LogP contribution in [0.1, 0.15) is 12.0 Å². The number of ether oxygens (including phenoxy) is 1. The number of rotatable bonds is 4. The molecule has 2 heterocycles. The lowest BCUT2D eigenvalue weighted by atomic mass is 10.1. The number of nitrogens with zero attached hydrogens (tertiary/aromatic N) is 2. The van der Waals surface area contributed by atoms with Crippen LogP contribution in [0.3, 0.4) is 0 Å². The molecule has 0 saturated carbocycles. The molecule has 4 nitrogen and oxygen atoms in total. The molecule has 0 bridgehead atoms. The van der Waals surface area contributed by atoms with Crippen LogP contribution in [0, 0.1) is 0 Å². The summed E-state index contributed by atoms with van der Waals surface area (Å²) in [7, 11) is 1.73. The zero-order chi connectivity index (χ0) is 12.1. The lowest BCUT2D eigenvalue weighted by Gasteiger charge is -2.28. The van der Waals surface area contributed by atoms with E-state index in [4.69, 9.17) is 10.5 Å². The maximum atomic E-state index is 5.73. The summed E-state index contributed by atoms with van der Waals surface area (Å²) in [6, 6.07) is 3.97. The molecular formula is C13H19N3O. The molecule has 0 fully saturated rings. The van der Waals surface area contributed by atoms with Gasteiger partial charge in [0.05, 0.1) is 6.61 Å². The van der Waals surface area contributed by atoms with Crippen molar-refractivity contribution < 1.29 is 4.74 Å². The minimum Gasteiger partial charge on any atom is -0.380 e. The predicted octanol–water partition coefficient (Wildman–Crippen LogP) is 1.32. The third-order valence-electron chi connectivity index (χ3n) is 3.02. The van der Waals surface area contributed by atoms with Crippen molar-refractivity contribution in [1.82, 2.24) is 4.98 Å². The highest BCUT2D eigenvalue weighted by molar-refractivity contribution is 5.48. The number of pyridine rings is 1. The lowest BCUT2D eigenvalue weighted by Crippen LogP contribution is -2.31. The Morgan fingerprint density at radius 1 is 1.53 bits per heavy atom. The Labute approximate surface area is 102 Å². The minimum atomic E-state index is 0.536. The summed E-state index contributed by atoms with van der Waals surface area (Å²) in [4.78, 5) is 6.69. The van der Waals surface area contributed by atoms with Crippen molar-refractivity contribution >= 4 is 5.82 Å². The molecule has 2 rings (SSSR count). The van der Waals surface area contributed by atoms with E-state index in [1.807, 2.05) is 18.3 Å². The fraction of sp³-hybridized carbons (Fsp3) is 0.462. The standard InChI is InChI=1S/C13H19N3O/c1-17-10-11-4-7-16(8-5-11)13-12(9-14)3-2-6-15-13/h2-4,6H,5,7-10,14H2,1H3. The third-order valence-corrected chi connectivity index (χ3v) is 3.02. The smallest absolute Gasteiger partial charge is 0.133 e. The van der Waals surface area contributed by atoms with Crippen LogP contribution in [0.15, 0.2) is 30.0 Å². The summed E-state index contributed by atoms with van der Waals surface area (Å²) in [5.74, 6) is 1.02. The number of methoxy groups -OCH3 is 1. The second-order valence-corrected chi connectivity index (χ2v) is 4.18. The lowest BCUT2D eigenvalue weighted by molar-refractivity contribution is 0.222. The van der Waals surface area contributed by atoms with Crippen LogP contribution in [-0.4, -0.2) is 31.8 Å². The van der Waals surface area contributed by atoms with Crippen LogP contribution in [0.2, 0.25) is 0 Å². The molecule has 0 atom stereocenters. The first kappa shape index (κ1) is 12.1. The van der Waals surface area contributed by atoms with Gasteiger partial charge in [0.15, 0.2) is 0 Å². The van der Waals surface area contributed by atoms with E-state index >= 15 is 0 Å². The Kier molecular flexibility index (Phi) is 4.12. The fourth-order valence-electron chi connectivity index (χ4n) is 2.09. The van der Waals surface area contributed by atoms with E-state index in [1.165, 1.54) is 5.57 Å². The van der Waals surface area contributed by atoms with Crippen molar-refractivity contribution in [2.45, 2.75) is 13.0 Å². The first-order valence-electron chi connectivity index (χ1n) is 5.91. The normalized spacial score (nSPS) is 15.9. The highest BCUT2D eigenvalue weighted by Gasteiger charge is 2.15. The van der Waals surface area contributed by atoms with E-state index in [0.29, 0.717) is 6.54 Å². The van der Waals surface area contributed by atoms with Crippen molar-refractivity contribution in [1.29, 1.82) is 0 Å².